The second kappa shape index (κ2) is 7.18. The van der Waals surface area contributed by atoms with Crippen molar-refractivity contribution in [2.75, 3.05) is 5.32 Å². The molecule has 2 rings (SSSR count). The number of nitrogens with one attached hydrogen (secondary N) is 1. The van der Waals surface area contributed by atoms with Gasteiger partial charge in [0.1, 0.15) is 11.5 Å². The summed E-state index contributed by atoms with van der Waals surface area (Å²) < 4.78 is 5.74. The fraction of sp³-hybridized carbons (Fsp3) is 0.235. The predicted molar refractivity (Wildman–Crippen MR) is 89.2 cm³/mol. The van der Waals surface area contributed by atoms with Gasteiger partial charge >= 0.3 is 0 Å². The number of amides is 1. The molecule has 0 aliphatic carbocycles. The van der Waals surface area contributed by atoms with Gasteiger partial charge in [0, 0.05) is 11.8 Å². The van der Waals surface area contributed by atoms with Gasteiger partial charge in [-0.3, -0.25) is 4.79 Å². The molecule has 2 aromatic rings. The van der Waals surface area contributed by atoms with Gasteiger partial charge in [0.2, 0.25) is 5.91 Å². The van der Waals surface area contributed by atoms with E-state index >= 15 is 0 Å². The lowest BCUT2D eigenvalue weighted by atomic mass is 10.1. The number of rotatable bonds is 5. The van der Waals surface area contributed by atoms with Crippen LogP contribution in [0.25, 0.3) is 0 Å². The molecule has 0 bridgehead atoms. The third kappa shape index (κ3) is 4.53. The summed E-state index contributed by atoms with van der Waals surface area (Å²) in [5.41, 5.74) is 0.702. The normalized spacial score (nSPS) is 12.0. The Morgan fingerprint density at radius 2 is 1.71 bits per heavy atom. The average molecular weight is 301 g/mol. The molecule has 1 atom stereocenters. The lowest BCUT2D eigenvalue weighted by Gasteiger charge is -2.15. The second-order valence-corrected chi connectivity index (χ2v) is 5.68. The van der Waals surface area contributed by atoms with E-state index in [1.165, 1.54) is 0 Å². The Kier molecular flexibility index (Phi) is 5.28. The highest BCUT2D eigenvalue weighted by Gasteiger charge is 2.17. The summed E-state index contributed by atoms with van der Waals surface area (Å²) in [5.74, 6) is 1.51. The quantitative estimate of drug-likeness (QED) is 0.805. The highest BCUT2D eigenvalue weighted by atomic mass is 32.1. The number of hydrogen-bond acceptors (Lipinski definition) is 3. The van der Waals surface area contributed by atoms with E-state index in [0.717, 1.165) is 5.75 Å². The van der Waals surface area contributed by atoms with Crippen LogP contribution in [0.5, 0.6) is 11.5 Å². The maximum atomic E-state index is 12.0. The first-order valence-corrected chi connectivity index (χ1v) is 7.40. The summed E-state index contributed by atoms with van der Waals surface area (Å²) in [6.45, 7) is 3.93. The number of anilines is 1. The minimum atomic E-state index is -0.330. The summed E-state index contributed by atoms with van der Waals surface area (Å²) >= 11 is 4.31. The highest BCUT2D eigenvalue weighted by Crippen LogP contribution is 2.24. The van der Waals surface area contributed by atoms with Crippen molar-refractivity contribution in [3.63, 3.8) is 0 Å². The molecule has 1 amide bonds. The van der Waals surface area contributed by atoms with Gasteiger partial charge in [0.05, 0.1) is 5.25 Å². The number of carbonyl (C=O) groups is 1. The zero-order chi connectivity index (χ0) is 15.2. The first kappa shape index (κ1) is 15.4. The van der Waals surface area contributed by atoms with Crippen LogP contribution >= 0.6 is 12.6 Å². The monoisotopic (exact) mass is 301 g/mol. The Bertz CT molecular complexity index is 599. The fourth-order valence-electron chi connectivity index (χ4n) is 1.78. The largest absolute Gasteiger partial charge is 0.457 e. The molecule has 0 saturated heterocycles. The van der Waals surface area contributed by atoms with E-state index in [-0.39, 0.29) is 17.1 Å². The van der Waals surface area contributed by atoms with Gasteiger partial charge in [0.25, 0.3) is 0 Å². The maximum Gasteiger partial charge on any atom is 0.237 e. The Labute approximate surface area is 130 Å². The molecule has 1 N–H and O–H groups in total. The third-order valence-corrected chi connectivity index (χ3v) is 3.81. The molecule has 1 unspecified atom stereocenters. The lowest BCUT2D eigenvalue weighted by Crippen LogP contribution is -2.27. The van der Waals surface area contributed by atoms with E-state index in [1.54, 1.807) is 6.07 Å². The van der Waals surface area contributed by atoms with Crippen molar-refractivity contribution in [2.24, 2.45) is 5.92 Å². The molecular formula is C17H19NO2S. The summed E-state index contributed by atoms with van der Waals surface area (Å²) in [6, 6.07) is 16.8. The summed E-state index contributed by atoms with van der Waals surface area (Å²) in [7, 11) is 0. The van der Waals surface area contributed by atoms with Gasteiger partial charge in [-0.15, -0.1) is 0 Å². The molecule has 2 aromatic carbocycles. The molecule has 0 aliphatic heterocycles. The molecule has 0 spiro atoms. The van der Waals surface area contributed by atoms with E-state index in [1.807, 2.05) is 62.4 Å². The second-order valence-electron chi connectivity index (χ2n) is 5.12. The van der Waals surface area contributed by atoms with Crippen LogP contribution in [-0.2, 0) is 4.79 Å². The SMILES string of the molecule is CC(C)C(S)C(=O)Nc1cccc(Oc2ccccc2)c1. The van der Waals surface area contributed by atoms with Gasteiger partial charge in [-0.1, -0.05) is 38.1 Å². The molecule has 4 heteroatoms. The predicted octanol–water partition coefficient (Wildman–Crippen LogP) is 4.37. The smallest absolute Gasteiger partial charge is 0.237 e. The molecule has 0 fully saturated rings. The van der Waals surface area contributed by atoms with Crippen LogP contribution < -0.4 is 10.1 Å². The Morgan fingerprint density at radius 3 is 2.38 bits per heavy atom. The molecule has 21 heavy (non-hydrogen) atoms. The number of benzene rings is 2. The highest BCUT2D eigenvalue weighted by molar-refractivity contribution is 7.81. The van der Waals surface area contributed by atoms with Crippen LogP contribution in [0.1, 0.15) is 13.8 Å². The van der Waals surface area contributed by atoms with Crippen molar-refractivity contribution in [2.45, 2.75) is 19.1 Å². The molecular weight excluding hydrogens is 282 g/mol. The maximum absolute atomic E-state index is 12.0. The standard InChI is InChI=1S/C17H19NO2S/c1-12(2)16(21)17(19)18-13-7-6-10-15(11-13)20-14-8-4-3-5-9-14/h3-12,16,21H,1-2H3,(H,18,19). The molecule has 3 nitrogen and oxygen atoms in total. The number of thiol groups is 1. The average Bonchev–Trinajstić information content (AvgIpc) is 2.47. The Balaban J connectivity index is 2.06. The van der Waals surface area contributed by atoms with E-state index in [2.05, 4.69) is 17.9 Å². The lowest BCUT2D eigenvalue weighted by molar-refractivity contribution is -0.116. The van der Waals surface area contributed by atoms with Crippen molar-refractivity contribution in [1.29, 1.82) is 0 Å². The first-order valence-electron chi connectivity index (χ1n) is 6.88. The van der Waals surface area contributed by atoms with Crippen LogP contribution in [0.4, 0.5) is 5.69 Å². The zero-order valence-electron chi connectivity index (χ0n) is 12.1. The molecule has 0 aromatic heterocycles. The van der Waals surface area contributed by atoms with Crippen LogP contribution in [0.2, 0.25) is 0 Å². The minimum Gasteiger partial charge on any atom is -0.457 e. The fourth-order valence-corrected chi connectivity index (χ4v) is 1.85. The number of carbonyl (C=O) groups excluding carboxylic acids is 1. The van der Waals surface area contributed by atoms with Crippen molar-refractivity contribution in [3.8, 4) is 11.5 Å². The van der Waals surface area contributed by atoms with Crippen molar-refractivity contribution in [3.05, 3.63) is 54.6 Å². The van der Waals surface area contributed by atoms with Gasteiger partial charge in [-0.2, -0.15) is 12.6 Å². The zero-order valence-corrected chi connectivity index (χ0v) is 13.0. The minimum absolute atomic E-state index is 0.106. The number of hydrogen-bond donors (Lipinski definition) is 2. The Hall–Kier alpha value is -1.94. The van der Waals surface area contributed by atoms with Crippen LogP contribution in [0.15, 0.2) is 54.6 Å². The topological polar surface area (TPSA) is 38.3 Å². The van der Waals surface area contributed by atoms with Crippen molar-refractivity contribution in [1.82, 2.24) is 0 Å². The van der Waals surface area contributed by atoms with E-state index in [4.69, 9.17) is 4.74 Å². The Morgan fingerprint density at radius 1 is 1.05 bits per heavy atom. The van der Waals surface area contributed by atoms with E-state index in [0.29, 0.717) is 11.4 Å². The molecule has 0 aliphatic rings. The van der Waals surface area contributed by atoms with Crippen LogP contribution in [-0.4, -0.2) is 11.2 Å². The van der Waals surface area contributed by atoms with Gasteiger partial charge in [-0.05, 0) is 30.2 Å². The van der Waals surface area contributed by atoms with Crippen LogP contribution in [0, 0.1) is 5.92 Å². The molecule has 0 saturated carbocycles. The first-order chi connectivity index (χ1) is 10.1. The van der Waals surface area contributed by atoms with Crippen molar-refractivity contribution >= 4 is 24.2 Å². The molecule has 0 radical (unpaired) electrons. The summed E-state index contributed by atoms with van der Waals surface area (Å²) in [4.78, 5) is 12.0. The van der Waals surface area contributed by atoms with Gasteiger partial charge < -0.3 is 10.1 Å². The molecule has 0 heterocycles. The number of para-hydroxylation sites is 1. The van der Waals surface area contributed by atoms with E-state index < -0.39 is 0 Å². The third-order valence-electron chi connectivity index (χ3n) is 2.98. The molecule has 110 valence electrons. The van der Waals surface area contributed by atoms with Crippen molar-refractivity contribution < 1.29 is 9.53 Å². The summed E-state index contributed by atoms with van der Waals surface area (Å²) in [6.07, 6.45) is 0. The van der Waals surface area contributed by atoms with Gasteiger partial charge in [0.15, 0.2) is 0 Å². The van der Waals surface area contributed by atoms with E-state index in [9.17, 15) is 4.79 Å². The summed E-state index contributed by atoms with van der Waals surface area (Å²) in [5, 5.41) is 2.52. The van der Waals surface area contributed by atoms with Gasteiger partial charge in [-0.25, -0.2) is 0 Å². The number of ether oxygens (including phenoxy) is 1. The van der Waals surface area contributed by atoms with Crippen LogP contribution in [0.3, 0.4) is 0 Å².